The van der Waals surface area contributed by atoms with Crippen LogP contribution in [-0.4, -0.2) is 24.6 Å². The van der Waals surface area contributed by atoms with Crippen molar-refractivity contribution in [2.45, 2.75) is 13.0 Å². The summed E-state index contributed by atoms with van der Waals surface area (Å²) in [4.78, 5) is 11.2. The third-order valence-corrected chi connectivity index (χ3v) is 2.70. The van der Waals surface area contributed by atoms with E-state index in [1.807, 2.05) is 36.6 Å². The van der Waals surface area contributed by atoms with Gasteiger partial charge >= 0.3 is 6.09 Å². The van der Waals surface area contributed by atoms with E-state index in [1.165, 1.54) is 0 Å². The first kappa shape index (κ1) is 12.9. The average Bonchev–Trinajstić information content (AvgIpc) is 2.33. The number of alkyl carbamates (subject to hydrolysis) is 1. The molecular weight excluding hydrogens is 222 g/mol. The fourth-order valence-electron chi connectivity index (χ4n) is 1.18. The highest BCUT2D eigenvalue weighted by molar-refractivity contribution is 7.98. The van der Waals surface area contributed by atoms with E-state index < -0.39 is 0 Å². The molecule has 0 heterocycles. The van der Waals surface area contributed by atoms with Gasteiger partial charge in [-0.15, -0.1) is 0 Å². The lowest BCUT2D eigenvalue weighted by Crippen LogP contribution is -2.25. The molecule has 4 heteroatoms. The Morgan fingerprint density at radius 1 is 1.38 bits per heavy atom. The topological polar surface area (TPSA) is 38.3 Å². The van der Waals surface area contributed by atoms with Crippen LogP contribution >= 0.6 is 11.8 Å². The molecule has 0 spiro atoms. The fourth-order valence-corrected chi connectivity index (χ4v) is 1.61. The summed E-state index contributed by atoms with van der Waals surface area (Å²) in [7, 11) is 0. The Bertz CT molecular complexity index is 303. The second-order valence-corrected chi connectivity index (χ2v) is 4.32. The molecule has 16 heavy (non-hydrogen) atoms. The van der Waals surface area contributed by atoms with Crippen molar-refractivity contribution in [2.75, 3.05) is 18.6 Å². The highest BCUT2D eigenvalue weighted by atomic mass is 32.2. The molecule has 0 aromatic heterocycles. The number of carbonyl (C=O) groups excluding carboxylic acids is 1. The molecule has 1 aromatic rings. The highest BCUT2D eigenvalue weighted by Crippen LogP contribution is 2.00. The standard InChI is InChI=1S/C12H17NO2S/c1-16-9-5-8-13-12(14)15-10-11-6-3-2-4-7-11/h2-4,6-7H,5,8-10H2,1H3,(H,13,14). The second kappa shape index (κ2) is 8.05. The first-order chi connectivity index (χ1) is 7.83. The van der Waals surface area contributed by atoms with Gasteiger partial charge in [-0.25, -0.2) is 4.79 Å². The minimum Gasteiger partial charge on any atom is -0.445 e. The van der Waals surface area contributed by atoms with Gasteiger partial charge in [0.1, 0.15) is 6.61 Å². The molecule has 0 bridgehead atoms. The van der Waals surface area contributed by atoms with Gasteiger partial charge in [0.25, 0.3) is 0 Å². The van der Waals surface area contributed by atoms with Gasteiger partial charge in [0.15, 0.2) is 0 Å². The van der Waals surface area contributed by atoms with Crippen LogP contribution < -0.4 is 5.32 Å². The van der Waals surface area contributed by atoms with E-state index in [-0.39, 0.29) is 6.09 Å². The van der Waals surface area contributed by atoms with Crippen molar-refractivity contribution in [1.82, 2.24) is 5.32 Å². The third kappa shape index (κ3) is 5.66. The molecule has 0 aliphatic carbocycles. The number of benzene rings is 1. The SMILES string of the molecule is CSCCCNC(=O)OCc1ccccc1. The van der Waals surface area contributed by atoms with Gasteiger partial charge in [0, 0.05) is 6.54 Å². The minimum absolute atomic E-state index is 0.329. The highest BCUT2D eigenvalue weighted by Gasteiger charge is 2.00. The maximum atomic E-state index is 11.2. The summed E-state index contributed by atoms with van der Waals surface area (Å²) in [5, 5.41) is 2.71. The summed E-state index contributed by atoms with van der Waals surface area (Å²) >= 11 is 1.77. The summed E-state index contributed by atoms with van der Waals surface area (Å²) in [6.45, 7) is 1.00. The fraction of sp³-hybridized carbons (Fsp3) is 0.417. The van der Waals surface area contributed by atoms with E-state index in [2.05, 4.69) is 5.32 Å². The van der Waals surface area contributed by atoms with Crippen LogP contribution in [0.3, 0.4) is 0 Å². The van der Waals surface area contributed by atoms with Gasteiger partial charge in [-0.2, -0.15) is 11.8 Å². The maximum Gasteiger partial charge on any atom is 0.407 e. The van der Waals surface area contributed by atoms with E-state index in [9.17, 15) is 4.79 Å². The molecule has 0 saturated carbocycles. The lowest BCUT2D eigenvalue weighted by Gasteiger charge is -2.06. The molecule has 88 valence electrons. The Hall–Kier alpha value is -1.16. The number of ether oxygens (including phenoxy) is 1. The molecule has 0 unspecified atom stereocenters. The first-order valence-electron chi connectivity index (χ1n) is 5.26. The van der Waals surface area contributed by atoms with Crippen LogP contribution in [0.4, 0.5) is 4.79 Å². The number of nitrogens with one attached hydrogen (secondary N) is 1. The number of thioether (sulfide) groups is 1. The van der Waals surface area contributed by atoms with E-state index in [0.717, 1.165) is 17.7 Å². The summed E-state index contributed by atoms with van der Waals surface area (Å²) < 4.78 is 5.05. The van der Waals surface area contributed by atoms with Crippen molar-refractivity contribution >= 4 is 17.9 Å². The Morgan fingerprint density at radius 3 is 2.81 bits per heavy atom. The van der Waals surface area contributed by atoms with Gasteiger partial charge in [0.2, 0.25) is 0 Å². The maximum absolute atomic E-state index is 11.2. The molecule has 0 aliphatic rings. The summed E-state index contributed by atoms with van der Waals surface area (Å²) in [5.74, 6) is 1.05. The summed E-state index contributed by atoms with van der Waals surface area (Å²) in [6.07, 6.45) is 2.68. The molecule has 0 saturated heterocycles. The van der Waals surface area contributed by atoms with Gasteiger partial charge in [-0.1, -0.05) is 30.3 Å². The smallest absolute Gasteiger partial charge is 0.407 e. The van der Waals surface area contributed by atoms with Crippen molar-refractivity contribution in [1.29, 1.82) is 0 Å². The molecule has 0 radical (unpaired) electrons. The molecular formula is C12H17NO2S. The van der Waals surface area contributed by atoms with Crippen LogP contribution in [0.15, 0.2) is 30.3 Å². The second-order valence-electron chi connectivity index (χ2n) is 3.33. The Balaban J connectivity index is 2.11. The van der Waals surface area contributed by atoms with Crippen molar-refractivity contribution in [3.05, 3.63) is 35.9 Å². The van der Waals surface area contributed by atoms with Gasteiger partial charge < -0.3 is 10.1 Å². The third-order valence-electron chi connectivity index (χ3n) is 2.01. The molecule has 0 fully saturated rings. The Labute approximate surface area is 101 Å². The number of hydrogen-bond donors (Lipinski definition) is 1. The average molecular weight is 239 g/mol. The van der Waals surface area contributed by atoms with Crippen LogP contribution in [0, 0.1) is 0 Å². The Kier molecular flexibility index (Phi) is 6.49. The number of rotatable bonds is 6. The van der Waals surface area contributed by atoms with Gasteiger partial charge in [-0.3, -0.25) is 0 Å². The number of carbonyl (C=O) groups is 1. The molecule has 1 aromatic carbocycles. The molecule has 0 aliphatic heterocycles. The normalized spacial score (nSPS) is 9.81. The zero-order valence-electron chi connectivity index (χ0n) is 9.44. The van der Waals surface area contributed by atoms with Crippen LogP contribution in [0.1, 0.15) is 12.0 Å². The quantitative estimate of drug-likeness (QED) is 0.776. The minimum atomic E-state index is -0.343. The molecule has 3 nitrogen and oxygen atoms in total. The van der Waals surface area contributed by atoms with E-state index in [1.54, 1.807) is 11.8 Å². The lowest BCUT2D eigenvalue weighted by atomic mass is 10.2. The number of amides is 1. The van der Waals surface area contributed by atoms with Crippen molar-refractivity contribution in [3.63, 3.8) is 0 Å². The Morgan fingerprint density at radius 2 is 2.12 bits per heavy atom. The van der Waals surface area contributed by atoms with Gasteiger partial charge in [-0.05, 0) is 24.0 Å². The van der Waals surface area contributed by atoms with Crippen molar-refractivity contribution in [3.8, 4) is 0 Å². The molecule has 1 rings (SSSR count). The predicted molar refractivity (Wildman–Crippen MR) is 67.6 cm³/mol. The largest absolute Gasteiger partial charge is 0.445 e. The summed E-state index contributed by atoms with van der Waals surface area (Å²) in [6, 6.07) is 9.65. The summed E-state index contributed by atoms with van der Waals surface area (Å²) in [5.41, 5.74) is 1.00. The van der Waals surface area contributed by atoms with Crippen molar-refractivity contribution < 1.29 is 9.53 Å². The lowest BCUT2D eigenvalue weighted by molar-refractivity contribution is 0.139. The van der Waals surface area contributed by atoms with Crippen LogP contribution in [-0.2, 0) is 11.3 Å². The predicted octanol–water partition coefficient (Wildman–Crippen LogP) is 2.67. The molecule has 0 atom stereocenters. The van der Waals surface area contributed by atoms with Crippen LogP contribution in [0.5, 0.6) is 0 Å². The van der Waals surface area contributed by atoms with E-state index in [0.29, 0.717) is 13.2 Å². The zero-order valence-corrected chi connectivity index (χ0v) is 10.3. The van der Waals surface area contributed by atoms with E-state index >= 15 is 0 Å². The van der Waals surface area contributed by atoms with E-state index in [4.69, 9.17) is 4.74 Å². The molecule has 1 amide bonds. The van der Waals surface area contributed by atoms with Crippen molar-refractivity contribution in [2.24, 2.45) is 0 Å². The van der Waals surface area contributed by atoms with Gasteiger partial charge in [0.05, 0.1) is 0 Å². The van der Waals surface area contributed by atoms with Crippen LogP contribution in [0.2, 0.25) is 0 Å². The first-order valence-corrected chi connectivity index (χ1v) is 6.66. The zero-order chi connectivity index (χ0) is 11.6. The van der Waals surface area contributed by atoms with Crippen LogP contribution in [0.25, 0.3) is 0 Å². The monoisotopic (exact) mass is 239 g/mol. The number of hydrogen-bond acceptors (Lipinski definition) is 3. The molecule has 1 N–H and O–H groups in total.